The van der Waals surface area contributed by atoms with Crippen molar-refractivity contribution in [3.63, 3.8) is 0 Å². The van der Waals surface area contributed by atoms with Crippen LogP contribution in [0.5, 0.6) is 0 Å². The van der Waals surface area contributed by atoms with E-state index in [-0.39, 0.29) is 12.4 Å². The van der Waals surface area contributed by atoms with Gasteiger partial charge in [-0.05, 0) is 52.7 Å². The Morgan fingerprint density at radius 1 is 1.27 bits per heavy atom. The number of rotatable bonds is 10. The van der Waals surface area contributed by atoms with E-state index in [0.29, 0.717) is 19.3 Å². The molecule has 1 rings (SSSR count). The highest BCUT2D eigenvalue weighted by molar-refractivity contribution is 5.69. The van der Waals surface area contributed by atoms with Crippen LogP contribution in [0.1, 0.15) is 52.2 Å². The molecule has 0 atom stereocenters. The summed E-state index contributed by atoms with van der Waals surface area (Å²) < 4.78 is 10.8. The maximum absolute atomic E-state index is 11.6. The van der Waals surface area contributed by atoms with Gasteiger partial charge in [-0.2, -0.15) is 0 Å². The van der Waals surface area contributed by atoms with Gasteiger partial charge in [0.05, 0.1) is 25.3 Å². The molecule has 0 heterocycles. The van der Waals surface area contributed by atoms with Gasteiger partial charge in [-0.3, -0.25) is 10.6 Å². The molecular weight excluding hydrogens is 330 g/mol. The summed E-state index contributed by atoms with van der Waals surface area (Å²) >= 11 is 0. The molecule has 0 bridgehead atoms. The lowest BCUT2D eigenvalue weighted by Gasteiger charge is -2.19. The number of nitrogens with one attached hydrogen (secondary N) is 2. The molecular formula is C20H33N3O3. The molecule has 0 saturated heterocycles. The number of carbonyl (C=O) groups is 1. The summed E-state index contributed by atoms with van der Waals surface area (Å²) in [6.45, 7) is 10.6. The van der Waals surface area contributed by atoms with Gasteiger partial charge in [0.1, 0.15) is 5.60 Å². The van der Waals surface area contributed by atoms with Crippen LogP contribution in [0.3, 0.4) is 0 Å². The maximum atomic E-state index is 11.6. The fraction of sp³-hybridized carbons (Fsp3) is 0.550. The third kappa shape index (κ3) is 9.44. The van der Waals surface area contributed by atoms with E-state index in [0.717, 1.165) is 23.2 Å². The Hall–Kier alpha value is -2.05. The molecule has 6 nitrogen and oxygen atoms in total. The molecule has 146 valence electrons. The topological polar surface area (TPSA) is 85.6 Å². The maximum Gasteiger partial charge on any atom is 0.308 e. The predicted octanol–water partition coefficient (Wildman–Crippen LogP) is 2.74. The highest BCUT2D eigenvalue weighted by Crippen LogP contribution is 2.13. The first kappa shape index (κ1) is 22.0. The van der Waals surface area contributed by atoms with Crippen LogP contribution in [0, 0.1) is 0 Å². The van der Waals surface area contributed by atoms with E-state index in [4.69, 9.17) is 15.3 Å². The van der Waals surface area contributed by atoms with Gasteiger partial charge in [0, 0.05) is 17.8 Å². The Balaban J connectivity index is 2.44. The molecule has 0 aliphatic heterocycles. The summed E-state index contributed by atoms with van der Waals surface area (Å²) in [5.41, 5.74) is 5.25. The summed E-state index contributed by atoms with van der Waals surface area (Å²) in [4.78, 5) is 11.6. The molecule has 26 heavy (non-hydrogen) atoms. The fourth-order valence-electron chi connectivity index (χ4n) is 2.19. The SMILES string of the molecule is CC(C)N/C=C(\NN)c1cccc(CCOCCC(=O)OC(C)(C)C)c1. The van der Waals surface area contributed by atoms with Crippen LogP contribution in [0.4, 0.5) is 0 Å². The molecule has 0 aromatic heterocycles. The van der Waals surface area contributed by atoms with Crippen LogP contribution in [0.25, 0.3) is 5.70 Å². The van der Waals surface area contributed by atoms with Gasteiger partial charge < -0.3 is 20.2 Å². The van der Waals surface area contributed by atoms with E-state index in [9.17, 15) is 4.79 Å². The summed E-state index contributed by atoms with van der Waals surface area (Å²) in [7, 11) is 0. The highest BCUT2D eigenvalue weighted by Gasteiger charge is 2.15. The molecule has 0 aliphatic carbocycles. The van der Waals surface area contributed by atoms with Gasteiger partial charge in [0.15, 0.2) is 0 Å². The number of hydrogen-bond acceptors (Lipinski definition) is 6. The quantitative estimate of drug-likeness (QED) is 0.256. The van der Waals surface area contributed by atoms with Gasteiger partial charge in [-0.1, -0.05) is 18.2 Å². The molecule has 1 aromatic carbocycles. The number of hydrogen-bond donors (Lipinski definition) is 3. The highest BCUT2D eigenvalue weighted by atomic mass is 16.6. The van der Waals surface area contributed by atoms with Crippen LogP contribution in [-0.4, -0.2) is 30.8 Å². The Morgan fingerprint density at radius 2 is 2.00 bits per heavy atom. The lowest BCUT2D eigenvalue weighted by atomic mass is 10.1. The minimum absolute atomic E-state index is 0.235. The lowest BCUT2D eigenvalue weighted by Crippen LogP contribution is -2.24. The van der Waals surface area contributed by atoms with Crippen molar-refractivity contribution in [2.24, 2.45) is 5.84 Å². The van der Waals surface area contributed by atoms with Crippen molar-refractivity contribution >= 4 is 11.7 Å². The van der Waals surface area contributed by atoms with Crippen LogP contribution in [0.2, 0.25) is 0 Å². The zero-order valence-corrected chi connectivity index (χ0v) is 16.6. The van der Waals surface area contributed by atoms with Crippen LogP contribution in [0.15, 0.2) is 30.5 Å². The average Bonchev–Trinajstić information content (AvgIpc) is 2.53. The molecule has 6 heteroatoms. The number of benzene rings is 1. The summed E-state index contributed by atoms with van der Waals surface area (Å²) in [6, 6.07) is 8.45. The van der Waals surface area contributed by atoms with Gasteiger partial charge >= 0.3 is 5.97 Å². The van der Waals surface area contributed by atoms with Gasteiger partial charge in [0.25, 0.3) is 0 Å². The second-order valence-electron chi connectivity index (χ2n) is 7.42. The van der Waals surface area contributed by atoms with Crippen molar-refractivity contribution in [1.82, 2.24) is 10.7 Å². The molecule has 0 fully saturated rings. The Kier molecular flexibility index (Phi) is 9.16. The number of nitrogens with two attached hydrogens (primary N) is 1. The van der Waals surface area contributed by atoms with E-state index in [2.05, 4.69) is 30.7 Å². The second-order valence-corrected chi connectivity index (χ2v) is 7.42. The number of carbonyl (C=O) groups excluding carboxylic acids is 1. The number of esters is 1. The van der Waals surface area contributed by atoms with Gasteiger partial charge in [-0.15, -0.1) is 0 Å². The van der Waals surface area contributed by atoms with Crippen molar-refractivity contribution in [2.45, 2.75) is 59.1 Å². The molecule has 0 unspecified atom stereocenters. The molecule has 4 N–H and O–H groups in total. The predicted molar refractivity (Wildman–Crippen MR) is 105 cm³/mol. The smallest absolute Gasteiger partial charge is 0.308 e. The molecule has 1 aromatic rings. The van der Waals surface area contributed by atoms with Crippen molar-refractivity contribution in [2.75, 3.05) is 13.2 Å². The second kappa shape index (κ2) is 10.8. The van der Waals surface area contributed by atoms with Crippen LogP contribution in [-0.2, 0) is 20.7 Å². The van der Waals surface area contributed by atoms with E-state index < -0.39 is 5.60 Å². The monoisotopic (exact) mass is 363 g/mol. The van der Waals surface area contributed by atoms with Gasteiger partial charge in [0.2, 0.25) is 0 Å². The molecule has 0 radical (unpaired) electrons. The first-order valence-corrected chi connectivity index (χ1v) is 9.03. The largest absolute Gasteiger partial charge is 0.460 e. The van der Waals surface area contributed by atoms with E-state index in [1.807, 2.05) is 45.2 Å². The van der Waals surface area contributed by atoms with Gasteiger partial charge in [-0.25, -0.2) is 0 Å². The van der Waals surface area contributed by atoms with Crippen molar-refractivity contribution < 1.29 is 14.3 Å². The first-order chi connectivity index (χ1) is 12.2. The van der Waals surface area contributed by atoms with Crippen molar-refractivity contribution in [3.05, 3.63) is 41.6 Å². The zero-order chi connectivity index (χ0) is 19.6. The summed E-state index contributed by atoms with van der Waals surface area (Å²) in [5, 5.41) is 3.23. The summed E-state index contributed by atoms with van der Waals surface area (Å²) in [5.74, 6) is 5.39. The minimum atomic E-state index is -0.454. The fourth-order valence-corrected chi connectivity index (χ4v) is 2.19. The molecule has 0 aliphatic rings. The molecule has 0 saturated carbocycles. The number of ether oxygens (including phenoxy) is 2. The van der Waals surface area contributed by atoms with E-state index in [1.54, 1.807) is 0 Å². The normalized spacial score (nSPS) is 12.2. The Labute approximate surface area is 157 Å². The molecule has 0 spiro atoms. The van der Waals surface area contributed by atoms with E-state index >= 15 is 0 Å². The van der Waals surface area contributed by atoms with Crippen LogP contribution >= 0.6 is 0 Å². The van der Waals surface area contributed by atoms with Crippen molar-refractivity contribution in [3.8, 4) is 0 Å². The standard InChI is InChI=1S/C20H33N3O3/c1-15(2)22-14-18(23-21)17-8-6-7-16(13-17)9-11-25-12-10-19(24)26-20(3,4)5/h6-8,13-15,22-23H,9-12,21H2,1-5H3/b18-14-. The van der Waals surface area contributed by atoms with E-state index in [1.165, 1.54) is 0 Å². The average molecular weight is 364 g/mol. The lowest BCUT2D eigenvalue weighted by molar-refractivity contribution is -0.156. The minimum Gasteiger partial charge on any atom is -0.460 e. The molecule has 0 amide bonds. The zero-order valence-electron chi connectivity index (χ0n) is 16.6. The summed E-state index contributed by atoms with van der Waals surface area (Å²) in [6.07, 6.45) is 2.90. The Bertz CT molecular complexity index is 592. The Morgan fingerprint density at radius 3 is 2.62 bits per heavy atom. The third-order valence-electron chi connectivity index (χ3n) is 3.36. The first-order valence-electron chi connectivity index (χ1n) is 9.03. The number of hydrazine groups is 1. The third-order valence-corrected chi connectivity index (χ3v) is 3.36. The van der Waals surface area contributed by atoms with Crippen molar-refractivity contribution in [1.29, 1.82) is 0 Å². The van der Waals surface area contributed by atoms with Crippen LogP contribution < -0.4 is 16.6 Å².